The van der Waals surface area contributed by atoms with E-state index in [1.807, 2.05) is 36.4 Å². The van der Waals surface area contributed by atoms with Crippen LogP contribution in [0.25, 0.3) is 60.6 Å². The summed E-state index contributed by atoms with van der Waals surface area (Å²) in [5.41, 5.74) is 19.1. The third kappa shape index (κ3) is 6.60. The molecule has 0 unspecified atom stereocenters. The van der Waals surface area contributed by atoms with Crippen LogP contribution in [0.2, 0.25) is 0 Å². The molecular formula is C49H38N2. The fraction of sp³-hybridized carbons (Fsp3) is 0.0408. The minimum Gasteiger partial charge on any atom is -0.383 e. The Morgan fingerprint density at radius 2 is 0.882 bits per heavy atom. The van der Waals surface area contributed by atoms with Gasteiger partial charge in [-0.1, -0.05) is 194 Å². The molecule has 0 saturated heterocycles. The Bertz CT molecular complexity index is 2530. The van der Waals surface area contributed by atoms with Crippen molar-refractivity contribution in [3.63, 3.8) is 0 Å². The SMILES string of the molecule is Cc1ccc(-c2ccc(-c3ccc(-c4ccc(/C(=C/Cc5ccccc5)N=C(N)c5ccccc5)cc4)c4ccccc34)c3ccccc23)cc1. The lowest BCUT2D eigenvalue weighted by Crippen LogP contribution is -2.13. The number of aliphatic imine (C=N–C) groups is 1. The Kier molecular flexibility index (Phi) is 8.81. The molecule has 0 saturated carbocycles. The van der Waals surface area contributed by atoms with Crippen molar-refractivity contribution in [2.24, 2.45) is 10.7 Å². The van der Waals surface area contributed by atoms with Crippen molar-refractivity contribution in [1.29, 1.82) is 0 Å². The van der Waals surface area contributed by atoms with E-state index in [1.54, 1.807) is 0 Å². The topological polar surface area (TPSA) is 38.4 Å². The summed E-state index contributed by atoms with van der Waals surface area (Å²) in [6, 6.07) is 64.6. The van der Waals surface area contributed by atoms with Crippen LogP contribution < -0.4 is 5.73 Å². The van der Waals surface area contributed by atoms with E-state index in [9.17, 15) is 0 Å². The molecule has 0 atom stereocenters. The van der Waals surface area contributed by atoms with Gasteiger partial charge in [-0.2, -0.15) is 0 Å². The minimum atomic E-state index is 0.500. The number of hydrogen-bond acceptors (Lipinski definition) is 1. The van der Waals surface area contributed by atoms with Gasteiger partial charge >= 0.3 is 0 Å². The molecule has 0 bridgehead atoms. The van der Waals surface area contributed by atoms with Gasteiger partial charge in [-0.15, -0.1) is 0 Å². The fourth-order valence-corrected chi connectivity index (χ4v) is 6.98. The minimum absolute atomic E-state index is 0.500. The first-order valence-corrected chi connectivity index (χ1v) is 17.5. The predicted octanol–water partition coefficient (Wildman–Crippen LogP) is 12.3. The molecule has 0 aliphatic carbocycles. The standard InChI is InChI=1S/C49H38N2/c1-34-20-23-36(24-21-34)40-29-31-46(44-18-10-8-16-42(40)44)47-32-30-41(43-17-9-11-19-45(43)47)37-25-27-38(28-26-37)48(33-22-35-12-4-2-5-13-35)51-49(50)39-14-6-3-7-15-39/h2-21,23-33H,22H2,1H3,(H2,50,51)/b48-33-. The smallest absolute Gasteiger partial charge is 0.131 e. The Labute approximate surface area is 299 Å². The zero-order valence-corrected chi connectivity index (χ0v) is 28.6. The molecule has 8 aromatic rings. The van der Waals surface area contributed by atoms with E-state index < -0.39 is 0 Å². The number of nitrogens with two attached hydrogens (primary N) is 1. The highest BCUT2D eigenvalue weighted by atomic mass is 14.9. The van der Waals surface area contributed by atoms with E-state index in [0.29, 0.717) is 5.84 Å². The van der Waals surface area contributed by atoms with Crippen LogP contribution in [0.1, 0.15) is 22.3 Å². The second-order valence-corrected chi connectivity index (χ2v) is 13.0. The highest BCUT2D eigenvalue weighted by Gasteiger charge is 2.14. The number of nitrogens with zero attached hydrogens (tertiary/aromatic N) is 1. The maximum atomic E-state index is 6.53. The highest BCUT2D eigenvalue weighted by Crippen LogP contribution is 2.41. The van der Waals surface area contributed by atoms with E-state index in [2.05, 4.69) is 159 Å². The lowest BCUT2D eigenvalue weighted by Gasteiger charge is -2.16. The Morgan fingerprint density at radius 3 is 1.41 bits per heavy atom. The molecule has 0 aliphatic heterocycles. The average molecular weight is 655 g/mol. The van der Waals surface area contributed by atoms with Crippen LogP contribution in [-0.2, 0) is 6.42 Å². The van der Waals surface area contributed by atoms with Crippen molar-refractivity contribution in [3.05, 3.63) is 210 Å². The number of aryl methyl sites for hydroxylation is 1. The molecular weight excluding hydrogens is 617 g/mol. The summed E-state index contributed by atoms with van der Waals surface area (Å²) in [5.74, 6) is 0.500. The quantitative estimate of drug-likeness (QED) is 0.128. The van der Waals surface area contributed by atoms with Crippen LogP contribution in [0, 0.1) is 6.92 Å². The van der Waals surface area contributed by atoms with E-state index in [4.69, 9.17) is 10.7 Å². The zero-order valence-electron chi connectivity index (χ0n) is 28.6. The lowest BCUT2D eigenvalue weighted by atomic mass is 9.88. The molecule has 0 aliphatic rings. The van der Waals surface area contributed by atoms with Crippen molar-refractivity contribution >= 4 is 33.1 Å². The van der Waals surface area contributed by atoms with Crippen LogP contribution in [0.4, 0.5) is 0 Å². The van der Waals surface area contributed by atoms with Crippen molar-refractivity contribution < 1.29 is 0 Å². The largest absolute Gasteiger partial charge is 0.383 e. The van der Waals surface area contributed by atoms with Gasteiger partial charge in [0.05, 0.1) is 5.70 Å². The number of allylic oxidation sites excluding steroid dienone is 1. The van der Waals surface area contributed by atoms with Gasteiger partial charge in [-0.05, 0) is 79.4 Å². The molecule has 51 heavy (non-hydrogen) atoms. The van der Waals surface area contributed by atoms with Gasteiger partial charge in [0.15, 0.2) is 0 Å². The van der Waals surface area contributed by atoms with E-state index in [0.717, 1.165) is 28.8 Å². The summed E-state index contributed by atoms with van der Waals surface area (Å²) in [6.07, 6.45) is 2.93. The van der Waals surface area contributed by atoms with Crippen molar-refractivity contribution in [1.82, 2.24) is 0 Å². The second kappa shape index (κ2) is 14.2. The van der Waals surface area contributed by atoms with Crippen molar-refractivity contribution in [2.45, 2.75) is 13.3 Å². The molecule has 0 radical (unpaired) electrons. The van der Waals surface area contributed by atoms with Gasteiger partial charge in [0.25, 0.3) is 0 Å². The lowest BCUT2D eigenvalue weighted by molar-refractivity contribution is 1.26. The van der Waals surface area contributed by atoms with Crippen LogP contribution in [0.5, 0.6) is 0 Å². The molecule has 0 spiro atoms. The van der Waals surface area contributed by atoms with E-state index >= 15 is 0 Å². The predicted molar refractivity (Wildman–Crippen MR) is 218 cm³/mol. The molecule has 0 amide bonds. The van der Waals surface area contributed by atoms with Crippen LogP contribution in [-0.4, -0.2) is 5.84 Å². The first-order valence-electron chi connectivity index (χ1n) is 17.5. The van der Waals surface area contributed by atoms with E-state index in [1.165, 1.54) is 60.5 Å². The van der Waals surface area contributed by atoms with Gasteiger partial charge in [0, 0.05) is 5.56 Å². The van der Waals surface area contributed by atoms with Crippen LogP contribution in [0.3, 0.4) is 0 Å². The fourth-order valence-electron chi connectivity index (χ4n) is 6.98. The molecule has 0 fully saturated rings. The van der Waals surface area contributed by atoms with Gasteiger partial charge in [-0.25, -0.2) is 4.99 Å². The normalized spacial score (nSPS) is 12.0. The molecule has 2 N–H and O–H groups in total. The van der Waals surface area contributed by atoms with Gasteiger partial charge in [-0.3, -0.25) is 0 Å². The first kappa shape index (κ1) is 31.7. The maximum Gasteiger partial charge on any atom is 0.131 e. The maximum absolute atomic E-state index is 6.53. The second-order valence-electron chi connectivity index (χ2n) is 13.0. The van der Waals surface area contributed by atoms with Gasteiger partial charge in [0.2, 0.25) is 0 Å². The molecule has 8 aromatic carbocycles. The van der Waals surface area contributed by atoms with Gasteiger partial charge in [0.1, 0.15) is 5.84 Å². The number of rotatable bonds is 8. The third-order valence-electron chi connectivity index (χ3n) is 9.68. The van der Waals surface area contributed by atoms with Crippen LogP contribution in [0.15, 0.2) is 193 Å². The summed E-state index contributed by atoms with van der Waals surface area (Å²) < 4.78 is 0. The summed E-state index contributed by atoms with van der Waals surface area (Å²) in [7, 11) is 0. The summed E-state index contributed by atoms with van der Waals surface area (Å²) in [4.78, 5) is 4.94. The zero-order chi connectivity index (χ0) is 34.6. The van der Waals surface area contributed by atoms with Crippen molar-refractivity contribution in [3.8, 4) is 33.4 Å². The Balaban J connectivity index is 1.18. The molecule has 244 valence electrons. The molecule has 0 aromatic heterocycles. The number of benzene rings is 8. The first-order chi connectivity index (χ1) is 25.1. The monoisotopic (exact) mass is 654 g/mol. The number of amidine groups is 1. The van der Waals surface area contributed by atoms with Crippen molar-refractivity contribution in [2.75, 3.05) is 0 Å². The Hall–Kier alpha value is -6.51. The molecule has 2 nitrogen and oxygen atoms in total. The van der Waals surface area contributed by atoms with Crippen LogP contribution >= 0.6 is 0 Å². The number of hydrogen-bond donors (Lipinski definition) is 1. The summed E-state index contributed by atoms with van der Waals surface area (Å²) >= 11 is 0. The van der Waals surface area contributed by atoms with Gasteiger partial charge < -0.3 is 5.73 Å². The summed E-state index contributed by atoms with van der Waals surface area (Å²) in [6.45, 7) is 2.13. The summed E-state index contributed by atoms with van der Waals surface area (Å²) in [5, 5.41) is 4.97. The third-order valence-corrected chi connectivity index (χ3v) is 9.68. The highest BCUT2D eigenvalue weighted by molar-refractivity contribution is 6.12. The molecule has 8 rings (SSSR count). The van der Waals surface area contributed by atoms with E-state index in [-0.39, 0.29) is 0 Å². The Morgan fingerprint density at radius 1 is 0.451 bits per heavy atom. The molecule has 0 heterocycles. The molecule has 2 heteroatoms. The number of fused-ring (bicyclic) bond motifs is 2. The average Bonchev–Trinajstić information content (AvgIpc) is 3.20.